The molecule has 1 saturated heterocycles. The van der Waals surface area contributed by atoms with E-state index in [9.17, 15) is 18.0 Å². The molecule has 1 aromatic carbocycles. The highest BCUT2D eigenvalue weighted by atomic mass is 32.2. The van der Waals surface area contributed by atoms with Gasteiger partial charge in [-0.15, -0.1) is 11.3 Å². The molecule has 0 saturated carbocycles. The zero-order valence-corrected chi connectivity index (χ0v) is 17.6. The SMILES string of the molecule is Cc1ccc(N2C(=O)CCC(C(=O)NCCS(C)(=O)=O)C2c2cccs2)cc1. The second-order valence-electron chi connectivity index (χ2n) is 7.13. The molecule has 0 radical (unpaired) electrons. The van der Waals surface area contributed by atoms with Gasteiger partial charge in [0.1, 0.15) is 9.84 Å². The lowest BCUT2D eigenvalue weighted by atomic mass is 9.86. The van der Waals surface area contributed by atoms with Gasteiger partial charge in [-0.25, -0.2) is 8.42 Å². The number of hydrogen-bond acceptors (Lipinski definition) is 5. The first-order valence-corrected chi connectivity index (χ1v) is 12.1. The lowest BCUT2D eigenvalue weighted by molar-refractivity contribution is -0.129. The van der Waals surface area contributed by atoms with Gasteiger partial charge in [0.15, 0.2) is 0 Å². The van der Waals surface area contributed by atoms with Crippen LogP contribution in [0, 0.1) is 12.8 Å². The maximum absolute atomic E-state index is 12.9. The van der Waals surface area contributed by atoms with Crippen LogP contribution in [0.15, 0.2) is 41.8 Å². The monoisotopic (exact) mass is 420 g/mol. The van der Waals surface area contributed by atoms with Gasteiger partial charge < -0.3 is 10.2 Å². The summed E-state index contributed by atoms with van der Waals surface area (Å²) in [5, 5.41) is 4.68. The number of piperidine rings is 1. The van der Waals surface area contributed by atoms with Crippen molar-refractivity contribution < 1.29 is 18.0 Å². The van der Waals surface area contributed by atoms with Crippen molar-refractivity contribution in [1.82, 2.24) is 5.32 Å². The maximum atomic E-state index is 12.9. The summed E-state index contributed by atoms with van der Waals surface area (Å²) in [7, 11) is -3.15. The first-order chi connectivity index (χ1) is 13.3. The van der Waals surface area contributed by atoms with Crippen LogP contribution in [0.3, 0.4) is 0 Å². The molecule has 2 heterocycles. The van der Waals surface area contributed by atoms with Crippen LogP contribution in [0.1, 0.15) is 29.3 Å². The van der Waals surface area contributed by atoms with Crippen LogP contribution in [-0.4, -0.2) is 38.8 Å². The number of carbonyl (C=O) groups is 2. The molecule has 0 bridgehead atoms. The molecule has 28 heavy (non-hydrogen) atoms. The number of carbonyl (C=O) groups excluding carboxylic acids is 2. The van der Waals surface area contributed by atoms with Gasteiger partial charge in [-0.1, -0.05) is 23.8 Å². The number of nitrogens with zero attached hydrogens (tertiary/aromatic N) is 1. The number of sulfone groups is 1. The Morgan fingerprint density at radius 1 is 1.25 bits per heavy atom. The summed E-state index contributed by atoms with van der Waals surface area (Å²) in [6.45, 7) is 2.06. The van der Waals surface area contributed by atoms with E-state index in [-0.39, 0.29) is 30.5 Å². The molecule has 0 aliphatic carbocycles. The third kappa shape index (κ3) is 4.80. The topological polar surface area (TPSA) is 83.6 Å². The van der Waals surface area contributed by atoms with Crippen LogP contribution in [0.4, 0.5) is 5.69 Å². The summed E-state index contributed by atoms with van der Waals surface area (Å²) >= 11 is 1.51. The van der Waals surface area contributed by atoms with E-state index in [0.29, 0.717) is 6.42 Å². The standard InChI is InChI=1S/C20H24N2O4S2/c1-14-5-7-15(8-6-14)22-18(23)10-9-16(19(22)17-4-3-12-27-17)20(24)21-11-13-28(2,25)26/h3-8,12,16,19H,9-11,13H2,1-2H3,(H,21,24). The Labute approximate surface area is 169 Å². The maximum Gasteiger partial charge on any atom is 0.227 e. The van der Waals surface area contributed by atoms with Gasteiger partial charge in [-0.2, -0.15) is 0 Å². The summed E-state index contributed by atoms with van der Waals surface area (Å²) in [6, 6.07) is 11.1. The quantitative estimate of drug-likeness (QED) is 0.779. The van der Waals surface area contributed by atoms with Crippen molar-refractivity contribution in [2.45, 2.75) is 25.8 Å². The molecule has 1 aromatic heterocycles. The molecule has 2 unspecified atom stereocenters. The highest BCUT2D eigenvalue weighted by Crippen LogP contribution is 2.41. The number of nitrogens with one attached hydrogen (secondary N) is 1. The smallest absolute Gasteiger partial charge is 0.227 e. The van der Waals surface area contributed by atoms with E-state index in [1.165, 1.54) is 11.3 Å². The zero-order chi connectivity index (χ0) is 20.3. The molecule has 8 heteroatoms. The minimum absolute atomic E-state index is 0.0116. The molecule has 2 atom stereocenters. The molecular weight excluding hydrogens is 396 g/mol. The second-order valence-corrected chi connectivity index (χ2v) is 10.4. The van der Waals surface area contributed by atoms with Gasteiger partial charge in [0.2, 0.25) is 11.8 Å². The number of thiophene rings is 1. The van der Waals surface area contributed by atoms with Crippen LogP contribution >= 0.6 is 11.3 Å². The summed E-state index contributed by atoms with van der Waals surface area (Å²) in [5.74, 6) is -0.762. The Morgan fingerprint density at radius 3 is 2.57 bits per heavy atom. The minimum Gasteiger partial charge on any atom is -0.355 e. The van der Waals surface area contributed by atoms with Crippen LogP contribution in [0.5, 0.6) is 0 Å². The summed E-state index contributed by atoms with van der Waals surface area (Å²) in [5.41, 5.74) is 1.86. The van der Waals surface area contributed by atoms with E-state index in [4.69, 9.17) is 0 Å². The van der Waals surface area contributed by atoms with E-state index in [0.717, 1.165) is 22.4 Å². The van der Waals surface area contributed by atoms with Crippen LogP contribution in [0.25, 0.3) is 0 Å². The van der Waals surface area contributed by atoms with Crippen LogP contribution in [0.2, 0.25) is 0 Å². The number of aryl methyl sites for hydroxylation is 1. The predicted octanol–water partition coefficient (Wildman–Crippen LogP) is 2.70. The highest BCUT2D eigenvalue weighted by Gasteiger charge is 2.41. The van der Waals surface area contributed by atoms with Crippen molar-refractivity contribution in [2.24, 2.45) is 5.92 Å². The number of benzene rings is 1. The fourth-order valence-corrected chi connectivity index (χ4v) is 4.81. The van der Waals surface area contributed by atoms with Crippen molar-refractivity contribution in [3.63, 3.8) is 0 Å². The lowest BCUT2D eigenvalue weighted by Gasteiger charge is -2.40. The average Bonchev–Trinajstić information content (AvgIpc) is 3.15. The fourth-order valence-electron chi connectivity index (χ4n) is 3.45. The lowest BCUT2D eigenvalue weighted by Crippen LogP contribution is -2.48. The molecule has 1 aliphatic rings. The molecule has 150 valence electrons. The number of anilines is 1. The number of amides is 2. The van der Waals surface area contributed by atoms with Crippen molar-refractivity contribution in [1.29, 1.82) is 0 Å². The summed E-state index contributed by atoms with van der Waals surface area (Å²) in [4.78, 5) is 28.4. The molecule has 1 aliphatic heterocycles. The summed E-state index contributed by atoms with van der Waals surface area (Å²) in [6.07, 6.45) is 1.86. The van der Waals surface area contributed by atoms with Crippen molar-refractivity contribution in [3.8, 4) is 0 Å². The normalized spacial score (nSPS) is 20.2. The molecule has 6 nitrogen and oxygen atoms in total. The zero-order valence-electron chi connectivity index (χ0n) is 15.9. The van der Waals surface area contributed by atoms with Crippen LogP contribution in [-0.2, 0) is 19.4 Å². The first-order valence-electron chi connectivity index (χ1n) is 9.14. The Hall–Kier alpha value is -2.19. The Balaban J connectivity index is 1.90. The van der Waals surface area contributed by atoms with E-state index in [1.54, 1.807) is 4.90 Å². The minimum atomic E-state index is -3.15. The van der Waals surface area contributed by atoms with Gasteiger partial charge in [0.05, 0.1) is 17.7 Å². The van der Waals surface area contributed by atoms with E-state index < -0.39 is 21.8 Å². The summed E-state index contributed by atoms with van der Waals surface area (Å²) < 4.78 is 22.7. The van der Waals surface area contributed by atoms with Gasteiger partial charge >= 0.3 is 0 Å². The molecule has 1 fully saturated rings. The molecule has 0 spiro atoms. The van der Waals surface area contributed by atoms with Crippen LogP contribution < -0.4 is 10.2 Å². The van der Waals surface area contributed by atoms with E-state index in [1.807, 2.05) is 48.7 Å². The third-order valence-corrected chi connectivity index (χ3v) is 6.74. The van der Waals surface area contributed by atoms with Gasteiger partial charge in [-0.3, -0.25) is 9.59 Å². The molecule has 1 N–H and O–H groups in total. The second kappa shape index (κ2) is 8.45. The van der Waals surface area contributed by atoms with E-state index >= 15 is 0 Å². The van der Waals surface area contributed by atoms with Crippen molar-refractivity contribution in [2.75, 3.05) is 23.5 Å². The first kappa shape index (κ1) is 20.5. The van der Waals surface area contributed by atoms with E-state index in [2.05, 4.69) is 5.32 Å². The fraction of sp³-hybridized carbons (Fsp3) is 0.400. The largest absolute Gasteiger partial charge is 0.355 e. The molecule has 2 aromatic rings. The molecule has 2 amide bonds. The van der Waals surface area contributed by atoms with Gasteiger partial charge in [-0.05, 0) is 36.9 Å². The van der Waals surface area contributed by atoms with Crippen molar-refractivity contribution >= 4 is 38.7 Å². The van der Waals surface area contributed by atoms with Crippen molar-refractivity contribution in [3.05, 3.63) is 52.2 Å². The Bertz CT molecular complexity index is 937. The number of rotatable bonds is 6. The Morgan fingerprint density at radius 2 is 1.96 bits per heavy atom. The average molecular weight is 421 g/mol. The predicted molar refractivity (Wildman–Crippen MR) is 111 cm³/mol. The van der Waals surface area contributed by atoms with Gasteiger partial charge in [0, 0.05) is 29.8 Å². The highest BCUT2D eigenvalue weighted by molar-refractivity contribution is 7.90. The third-order valence-electron chi connectivity index (χ3n) is 4.85. The Kier molecular flexibility index (Phi) is 6.20. The van der Waals surface area contributed by atoms with Gasteiger partial charge in [0.25, 0.3) is 0 Å². The number of hydrogen-bond donors (Lipinski definition) is 1. The molecule has 3 rings (SSSR count). The molecular formula is C20H24N2O4S2.